The van der Waals surface area contributed by atoms with Crippen LogP contribution in [0.1, 0.15) is 27.2 Å². The second-order valence-corrected chi connectivity index (χ2v) is 4.66. The smallest absolute Gasteiger partial charge is 0.171 e. The Morgan fingerprint density at radius 2 is 1.64 bits per heavy atom. The lowest BCUT2D eigenvalue weighted by Gasteiger charge is -2.35. The summed E-state index contributed by atoms with van der Waals surface area (Å²) in [6.07, 6.45) is 1.09. The normalized spacial score (nSPS) is 39.0. The molecule has 64 valence electrons. The molecule has 1 aliphatic heterocycles. The van der Waals surface area contributed by atoms with E-state index in [1.54, 1.807) is 0 Å². The van der Waals surface area contributed by atoms with Crippen LogP contribution in [0.4, 0.5) is 0 Å². The Morgan fingerprint density at radius 3 is 2.00 bits per heavy atom. The van der Waals surface area contributed by atoms with E-state index in [9.17, 15) is 0 Å². The van der Waals surface area contributed by atoms with Gasteiger partial charge in [-0.15, -0.1) is 0 Å². The number of rotatable bonds is 0. The van der Waals surface area contributed by atoms with Crippen molar-refractivity contribution in [1.29, 1.82) is 0 Å². The Hall–Kier alpha value is -0.0800. The molecule has 0 aromatic heterocycles. The third-order valence-electron chi connectivity index (χ3n) is 2.60. The summed E-state index contributed by atoms with van der Waals surface area (Å²) in [5.41, 5.74) is 0.216. The van der Waals surface area contributed by atoms with Gasteiger partial charge < -0.3 is 9.47 Å². The van der Waals surface area contributed by atoms with Crippen LogP contribution in [0, 0.1) is 11.3 Å². The molecule has 0 aromatic carbocycles. The SMILES string of the molecule is CC1CC12OCC(C)(C)CO2. The molecule has 0 amide bonds. The summed E-state index contributed by atoms with van der Waals surface area (Å²) in [7, 11) is 0. The highest BCUT2D eigenvalue weighted by Crippen LogP contribution is 2.51. The zero-order valence-electron chi connectivity index (χ0n) is 7.52. The molecule has 0 aromatic rings. The van der Waals surface area contributed by atoms with Gasteiger partial charge in [0.25, 0.3) is 0 Å². The van der Waals surface area contributed by atoms with Gasteiger partial charge >= 0.3 is 0 Å². The lowest BCUT2D eigenvalue weighted by Crippen LogP contribution is -2.39. The van der Waals surface area contributed by atoms with Crippen molar-refractivity contribution in [2.45, 2.75) is 33.0 Å². The molecule has 2 fully saturated rings. The molecule has 1 heterocycles. The Balaban J connectivity index is 1.96. The summed E-state index contributed by atoms with van der Waals surface area (Å²) < 4.78 is 11.4. The van der Waals surface area contributed by atoms with Crippen LogP contribution in [0.2, 0.25) is 0 Å². The van der Waals surface area contributed by atoms with Crippen molar-refractivity contribution in [1.82, 2.24) is 0 Å². The van der Waals surface area contributed by atoms with Gasteiger partial charge in [0.15, 0.2) is 5.79 Å². The van der Waals surface area contributed by atoms with Crippen molar-refractivity contribution in [2.75, 3.05) is 13.2 Å². The molecule has 2 nitrogen and oxygen atoms in total. The largest absolute Gasteiger partial charge is 0.349 e. The van der Waals surface area contributed by atoms with Gasteiger partial charge in [-0.25, -0.2) is 0 Å². The van der Waals surface area contributed by atoms with Gasteiger partial charge in [0.1, 0.15) is 0 Å². The minimum absolute atomic E-state index is 0.157. The molecule has 0 bridgehead atoms. The lowest BCUT2D eigenvalue weighted by molar-refractivity contribution is -0.249. The summed E-state index contributed by atoms with van der Waals surface area (Å²) in [5, 5.41) is 0. The molecular formula is C9H16O2. The van der Waals surface area contributed by atoms with Crippen molar-refractivity contribution < 1.29 is 9.47 Å². The predicted octanol–water partition coefficient (Wildman–Crippen LogP) is 1.80. The molecule has 2 aliphatic rings. The van der Waals surface area contributed by atoms with Gasteiger partial charge in [0.2, 0.25) is 0 Å². The molecule has 1 aliphatic carbocycles. The minimum Gasteiger partial charge on any atom is -0.349 e. The number of ether oxygens (including phenoxy) is 2. The Labute approximate surface area is 67.9 Å². The quantitative estimate of drug-likeness (QED) is 0.532. The fourth-order valence-corrected chi connectivity index (χ4v) is 1.49. The van der Waals surface area contributed by atoms with Crippen LogP contribution in [0.15, 0.2) is 0 Å². The summed E-state index contributed by atoms with van der Waals surface area (Å²) in [5.74, 6) is 0.453. The zero-order chi connectivity index (χ0) is 8.11. The monoisotopic (exact) mass is 156 g/mol. The first-order chi connectivity index (χ1) is 5.04. The maximum Gasteiger partial charge on any atom is 0.171 e. The lowest BCUT2D eigenvalue weighted by atomic mass is 9.95. The first-order valence-electron chi connectivity index (χ1n) is 4.32. The molecule has 1 unspecified atom stereocenters. The first kappa shape index (κ1) is 7.56. The minimum atomic E-state index is -0.157. The van der Waals surface area contributed by atoms with E-state index in [1.807, 2.05) is 0 Å². The number of hydrogen-bond acceptors (Lipinski definition) is 2. The highest BCUT2D eigenvalue weighted by molar-refractivity contribution is 4.97. The fraction of sp³-hybridized carbons (Fsp3) is 1.00. The van der Waals surface area contributed by atoms with E-state index >= 15 is 0 Å². The van der Waals surface area contributed by atoms with E-state index in [1.165, 1.54) is 0 Å². The van der Waals surface area contributed by atoms with Gasteiger partial charge in [0, 0.05) is 17.8 Å². The summed E-state index contributed by atoms with van der Waals surface area (Å²) in [6, 6.07) is 0. The maximum absolute atomic E-state index is 5.68. The van der Waals surface area contributed by atoms with Crippen LogP contribution in [-0.2, 0) is 9.47 Å². The summed E-state index contributed by atoms with van der Waals surface area (Å²) >= 11 is 0. The molecule has 11 heavy (non-hydrogen) atoms. The molecule has 0 N–H and O–H groups in total. The molecule has 2 heteroatoms. The molecular weight excluding hydrogens is 140 g/mol. The van der Waals surface area contributed by atoms with E-state index in [-0.39, 0.29) is 11.2 Å². The number of hydrogen-bond donors (Lipinski definition) is 0. The van der Waals surface area contributed by atoms with Crippen LogP contribution < -0.4 is 0 Å². The summed E-state index contributed by atoms with van der Waals surface area (Å²) in [4.78, 5) is 0. The second kappa shape index (κ2) is 1.99. The zero-order valence-corrected chi connectivity index (χ0v) is 7.52. The van der Waals surface area contributed by atoms with E-state index in [0.717, 1.165) is 19.6 Å². The highest BCUT2D eigenvalue weighted by Gasteiger charge is 2.57. The molecule has 1 atom stereocenters. The second-order valence-electron chi connectivity index (χ2n) is 4.66. The van der Waals surface area contributed by atoms with E-state index in [4.69, 9.17) is 9.47 Å². The molecule has 1 saturated carbocycles. The van der Waals surface area contributed by atoms with Crippen LogP contribution in [0.25, 0.3) is 0 Å². The van der Waals surface area contributed by atoms with Gasteiger partial charge in [0.05, 0.1) is 13.2 Å². The van der Waals surface area contributed by atoms with Crippen LogP contribution >= 0.6 is 0 Å². The highest BCUT2D eigenvalue weighted by atomic mass is 16.7. The Kier molecular flexibility index (Phi) is 1.37. The fourth-order valence-electron chi connectivity index (χ4n) is 1.49. The standard InChI is InChI=1S/C9H16O2/c1-7-4-9(7)10-5-8(2,3)6-11-9/h7H,4-6H2,1-3H3. The molecule has 0 radical (unpaired) electrons. The van der Waals surface area contributed by atoms with Gasteiger partial charge in [-0.2, -0.15) is 0 Å². The first-order valence-corrected chi connectivity index (χ1v) is 4.32. The van der Waals surface area contributed by atoms with Gasteiger partial charge in [-0.1, -0.05) is 20.8 Å². The van der Waals surface area contributed by atoms with Gasteiger partial charge in [-0.3, -0.25) is 0 Å². The topological polar surface area (TPSA) is 18.5 Å². The van der Waals surface area contributed by atoms with Crippen molar-refractivity contribution >= 4 is 0 Å². The van der Waals surface area contributed by atoms with E-state index < -0.39 is 0 Å². The van der Waals surface area contributed by atoms with Crippen LogP contribution in [0.5, 0.6) is 0 Å². The van der Waals surface area contributed by atoms with Crippen LogP contribution in [0.3, 0.4) is 0 Å². The maximum atomic E-state index is 5.68. The predicted molar refractivity (Wildman–Crippen MR) is 42.2 cm³/mol. The third kappa shape index (κ3) is 1.18. The van der Waals surface area contributed by atoms with Gasteiger partial charge in [-0.05, 0) is 0 Å². The van der Waals surface area contributed by atoms with E-state index in [0.29, 0.717) is 5.92 Å². The van der Waals surface area contributed by atoms with Crippen molar-refractivity contribution in [2.24, 2.45) is 11.3 Å². The Bertz CT molecular complexity index is 164. The van der Waals surface area contributed by atoms with Crippen molar-refractivity contribution in [3.8, 4) is 0 Å². The van der Waals surface area contributed by atoms with Crippen LogP contribution in [-0.4, -0.2) is 19.0 Å². The average Bonchev–Trinajstić information content (AvgIpc) is 2.54. The molecule has 2 rings (SSSR count). The van der Waals surface area contributed by atoms with E-state index in [2.05, 4.69) is 20.8 Å². The average molecular weight is 156 g/mol. The van der Waals surface area contributed by atoms with Crippen molar-refractivity contribution in [3.05, 3.63) is 0 Å². The molecule has 1 spiro atoms. The van der Waals surface area contributed by atoms with Crippen molar-refractivity contribution in [3.63, 3.8) is 0 Å². The Morgan fingerprint density at radius 1 is 1.18 bits per heavy atom. The third-order valence-corrected chi connectivity index (χ3v) is 2.60. The molecule has 1 saturated heterocycles. The summed E-state index contributed by atoms with van der Waals surface area (Å²) in [6.45, 7) is 8.22.